The maximum absolute atomic E-state index is 5.51. The summed E-state index contributed by atoms with van der Waals surface area (Å²) in [7, 11) is 3.49. The second kappa shape index (κ2) is 9.77. The van der Waals surface area contributed by atoms with Crippen molar-refractivity contribution < 1.29 is 9.47 Å². The first-order valence-corrected chi connectivity index (χ1v) is 7.75. The lowest BCUT2D eigenvalue weighted by molar-refractivity contribution is 0.0976. The monoisotopic (exact) mass is 294 g/mol. The third kappa shape index (κ3) is 5.65. The van der Waals surface area contributed by atoms with Crippen molar-refractivity contribution in [1.29, 1.82) is 0 Å². The van der Waals surface area contributed by atoms with E-state index in [0.717, 1.165) is 38.5 Å². The predicted octanol–water partition coefficient (Wildman–Crippen LogP) is 2.66. The average Bonchev–Trinajstić information content (AvgIpc) is 2.50. The van der Waals surface area contributed by atoms with E-state index < -0.39 is 0 Å². The molecule has 1 aromatic rings. The molecule has 1 N–H and O–H groups in total. The summed E-state index contributed by atoms with van der Waals surface area (Å²) in [6.07, 6.45) is 0. The summed E-state index contributed by atoms with van der Waals surface area (Å²) < 4.78 is 10.8. The van der Waals surface area contributed by atoms with E-state index in [1.807, 2.05) is 0 Å². The molecule has 4 nitrogen and oxygen atoms in total. The van der Waals surface area contributed by atoms with Gasteiger partial charge in [-0.2, -0.15) is 0 Å². The second-order valence-corrected chi connectivity index (χ2v) is 5.29. The van der Waals surface area contributed by atoms with Crippen LogP contribution in [0.1, 0.15) is 31.9 Å². The predicted molar refractivity (Wildman–Crippen MR) is 87.8 cm³/mol. The molecular weight excluding hydrogens is 264 g/mol. The third-order valence-corrected chi connectivity index (χ3v) is 3.73. The summed E-state index contributed by atoms with van der Waals surface area (Å²) in [5, 5.41) is 3.37. The molecule has 0 fully saturated rings. The highest BCUT2D eigenvalue weighted by atomic mass is 16.5. The molecule has 0 saturated heterocycles. The van der Waals surface area contributed by atoms with Crippen molar-refractivity contribution in [1.82, 2.24) is 10.2 Å². The van der Waals surface area contributed by atoms with E-state index in [0.29, 0.717) is 6.04 Å². The zero-order valence-corrected chi connectivity index (χ0v) is 14.1. The topological polar surface area (TPSA) is 33.7 Å². The van der Waals surface area contributed by atoms with Gasteiger partial charge in [0.05, 0.1) is 13.7 Å². The molecule has 0 radical (unpaired) electrons. The number of nitrogens with zero attached hydrogens (tertiary/aromatic N) is 1. The molecule has 1 aromatic carbocycles. The normalized spacial score (nSPS) is 12.7. The number of nitrogens with one attached hydrogen (secondary N) is 1. The van der Waals surface area contributed by atoms with Crippen LogP contribution in [-0.2, 0) is 17.8 Å². The van der Waals surface area contributed by atoms with Crippen LogP contribution in [0.2, 0.25) is 0 Å². The van der Waals surface area contributed by atoms with Crippen LogP contribution in [0.25, 0.3) is 0 Å². The summed E-state index contributed by atoms with van der Waals surface area (Å²) in [6.45, 7) is 11.0. The van der Waals surface area contributed by atoms with Crippen molar-refractivity contribution in [2.45, 2.75) is 39.9 Å². The second-order valence-electron chi connectivity index (χ2n) is 5.29. The lowest BCUT2D eigenvalue weighted by Gasteiger charge is -2.28. The highest BCUT2D eigenvalue weighted by Crippen LogP contribution is 2.22. The first-order chi connectivity index (χ1) is 10.2. The zero-order valence-electron chi connectivity index (χ0n) is 14.1. The molecule has 0 aliphatic rings. The van der Waals surface area contributed by atoms with Crippen LogP contribution in [0.15, 0.2) is 18.2 Å². The third-order valence-electron chi connectivity index (χ3n) is 3.73. The van der Waals surface area contributed by atoms with E-state index in [2.05, 4.69) is 49.2 Å². The van der Waals surface area contributed by atoms with E-state index in [1.54, 1.807) is 14.2 Å². The standard InChI is InChI=1S/C17H30N2O2/c1-6-18-11-15-8-9-17(21-5)16(10-15)12-19(7-2)14(3)13-20-4/h8-10,14,18H,6-7,11-13H2,1-5H3. The van der Waals surface area contributed by atoms with Crippen molar-refractivity contribution in [2.24, 2.45) is 0 Å². The van der Waals surface area contributed by atoms with Gasteiger partial charge in [0.25, 0.3) is 0 Å². The van der Waals surface area contributed by atoms with Crippen molar-refractivity contribution >= 4 is 0 Å². The van der Waals surface area contributed by atoms with Gasteiger partial charge in [-0.25, -0.2) is 0 Å². The summed E-state index contributed by atoms with van der Waals surface area (Å²) in [6, 6.07) is 6.82. The Hall–Kier alpha value is -1.10. The Morgan fingerprint density at radius 1 is 1.24 bits per heavy atom. The minimum absolute atomic E-state index is 0.391. The zero-order chi connectivity index (χ0) is 15.7. The molecule has 21 heavy (non-hydrogen) atoms. The van der Waals surface area contributed by atoms with Gasteiger partial charge in [-0.15, -0.1) is 0 Å². The molecule has 1 unspecified atom stereocenters. The number of benzene rings is 1. The molecule has 0 heterocycles. The molecule has 0 aliphatic heterocycles. The number of methoxy groups -OCH3 is 2. The minimum atomic E-state index is 0.391. The van der Waals surface area contributed by atoms with Crippen molar-refractivity contribution in [3.63, 3.8) is 0 Å². The molecule has 0 spiro atoms. The van der Waals surface area contributed by atoms with Crippen LogP contribution >= 0.6 is 0 Å². The van der Waals surface area contributed by atoms with E-state index >= 15 is 0 Å². The van der Waals surface area contributed by atoms with Crippen molar-refractivity contribution in [2.75, 3.05) is 33.9 Å². The molecule has 120 valence electrons. The van der Waals surface area contributed by atoms with Crippen LogP contribution in [0.4, 0.5) is 0 Å². The molecule has 1 rings (SSSR count). The molecule has 4 heteroatoms. The highest BCUT2D eigenvalue weighted by Gasteiger charge is 2.15. The Morgan fingerprint density at radius 2 is 2.00 bits per heavy atom. The number of hydrogen-bond acceptors (Lipinski definition) is 4. The molecule has 0 aliphatic carbocycles. The fourth-order valence-corrected chi connectivity index (χ4v) is 2.48. The van der Waals surface area contributed by atoms with Crippen LogP contribution in [0.3, 0.4) is 0 Å². The first-order valence-electron chi connectivity index (χ1n) is 7.75. The van der Waals surface area contributed by atoms with E-state index in [9.17, 15) is 0 Å². The van der Waals surface area contributed by atoms with E-state index in [-0.39, 0.29) is 0 Å². The number of likely N-dealkylation sites (N-methyl/N-ethyl adjacent to an activating group) is 1. The maximum atomic E-state index is 5.51. The largest absolute Gasteiger partial charge is 0.496 e. The number of rotatable bonds is 10. The van der Waals surface area contributed by atoms with Gasteiger partial charge in [0.2, 0.25) is 0 Å². The van der Waals surface area contributed by atoms with Crippen molar-refractivity contribution in [3.8, 4) is 5.75 Å². The van der Waals surface area contributed by atoms with Crippen LogP contribution < -0.4 is 10.1 Å². The van der Waals surface area contributed by atoms with E-state index in [4.69, 9.17) is 9.47 Å². The van der Waals surface area contributed by atoms with Gasteiger partial charge in [-0.05, 0) is 37.7 Å². The number of ether oxygens (including phenoxy) is 2. The summed E-state index contributed by atoms with van der Waals surface area (Å²) in [5.74, 6) is 0.957. The van der Waals surface area contributed by atoms with Crippen LogP contribution in [0.5, 0.6) is 5.75 Å². The lowest BCUT2D eigenvalue weighted by Crippen LogP contribution is -2.35. The first kappa shape index (κ1) is 18.0. The SMILES string of the molecule is CCNCc1ccc(OC)c(CN(CC)C(C)COC)c1. The molecular formula is C17H30N2O2. The van der Waals surface area contributed by atoms with Crippen molar-refractivity contribution in [3.05, 3.63) is 29.3 Å². The smallest absolute Gasteiger partial charge is 0.123 e. The Morgan fingerprint density at radius 3 is 2.57 bits per heavy atom. The lowest BCUT2D eigenvalue weighted by atomic mass is 10.1. The highest BCUT2D eigenvalue weighted by molar-refractivity contribution is 5.37. The number of hydrogen-bond donors (Lipinski definition) is 1. The van der Waals surface area contributed by atoms with Gasteiger partial charge < -0.3 is 14.8 Å². The van der Waals surface area contributed by atoms with Crippen LogP contribution in [0, 0.1) is 0 Å². The van der Waals surface area contributed by atoms with Gasteiger partial charge >= 0.3 is 0 Å². The summed E-state index contributed by atoms with van der Waals surface area (Å²) in [5.41, 5.74) is 2.53. The Kier molecular flexibility index (Phi) is 8.35. The van der Waals surface area contributed by atoms with Gasteiger partial charge in [-0.3, -0.25) is 4.90 Å². The fourth-order valence-electron chi connectivity index (χ4n) is 2.48. The van der Waals surface area contributed by atoms with Gasteiger partial charge in [0, 0.05) is 31.8 Å². The molecule has 1 atom stereocenters. The van der Waals surface area contributed by atoms with Gasteiger partial charge in [0.1, 0.15) is 5.75 Å². The van der Waals surface area contributed by atoms with E-state index in [1.165, 1.54) is 11.1 Å². The van der Waals surface area contributed by atoms with Gasteiger partial charge in [0.15, 0.2) is 0 Å². The quantitative estimate of drug-likeness (QED) is 0.719. The fraction of sp³-hybridized carbons (Fsp3) is 0.647. The Balaban J connectivity index is 2.86. The Labute approximate surface area is 129 Å². The van der Waals surface area contributed by atoms with Crippen LogP contribution in [-0.4, -0.2) is 44.9 Å². The maximum Gasteiger partial charge on any atom is 0.123 e. The average molecular weight is 294 g/mol. The molecule has 0 amide bonds. The molecule has 0 bridgehead atoms. The minimum Gasteiger partial charge on any atom is -0.496 e. The Bertz CT molecular complexity index is 410. The summed E-state index contributed by atoms with van der Waals surface area (Å²) in [4.78, 5) is 2.40. The summed E-state index contributed by atoms with van der Waals surface area (Å²) >= 11 is 0. The molecule has 0 saturated carbocycles. The molecule has 0 aromatic heterocycles. The van der Waals surface area contributed by atoms with Gasteiger partial charge in [-0.1, -0.05) is 19.9 Å².